The summed E-state index contributed by atoms with van der Waals surface area (Å²) in [5.41, 5.74) is 6.69. The second kappa shape index (κ2) is 11.2. The molecule has 238 valence electrons. The Hall–Kier alpha value is -6.21. The Morgan fingerprint density at radius 1 is 0.392 bits per heavy atom. The zero-order valence-electron chi connectivity index (χ0n) is 27.0. The summed E-state index contributed by atoms with van der Waals surface area (Å²) in [7, 11) is 0. The molecule has 0 bridgehead atoms. The van der Waals surface area contributed by atoms with E-state index >= 15 is 0 Å². The number of hydrogen-bond acceptors (Lipinski definition) is 6. The highest BCUT2D eigenvalue weighted by atomic mass is 32.1. The van der Waals surface area contributed by atoms with Crippen molar-refractivity contribution >= 4 is 85.0 Å². The van der Waals surface area contributed by atoms with E-state index in [1.807, 2.05) is 41.7 Å². The van der Waals surface area contributed by atoms with Crippen molar-refractivity contribution in [2.75, 3.05) is 0 Å². The predicted octanol–water partition coefficient (Wildman–Crippen LogP) is 13.2. The van der Waals surface area contributed by atoms with Crippen LogP contribution in [0.3, 0.4) is 0 Å². The van der Waals surface area contributed by atoms with Gasteiger partial charge < -0.3 is 4.42 Å². The lowest BCUT2D eigenvalue weighted by molar-refractivity contribution is 0.670. The van der Waals surface area contributed by atoms with Crippen LogP contribution in [0.2, 0.25) is 0 Å². The molecule has 0 radical (unpaired) electrons. The topological polar surface area (TPSA) is 51.8 Å². The zero-order valence-corrected chi connectivity index (χ0v) is 28.6. The van der Waals surface area contributed by atoms with E-state index in [4.69, 9.17) is 19.4 Å². The Morgan fingerprint density at radius 3 is 1.84 bits per heavy atom. The summed E-state index contributed by atoms with van der Waals surface area (Å²) in [6.07, 6.45) is 0. The Bertz CT molecular complexity index is 3160. The average Bonchev–Trinajstić information content (AvgIpc) is 3.89. The molecule has 51 heavy (non-hydrogen) atoms. The maximum absolute atomic E-state index is 6.73. The van der Waals surface area contributed by atoms with Gasteiger partial charge in [-0.25, -0.2) is 15.0 Å². The van der Waals surface area contributed by atoms with Gasteiger partial charge in [-0.2, -0.15) is 0 Å². The highest BCUT2D eigenvalue weighted by molar-refractivity contribution is 7.26. The van der Waals surface area contributed by atoms with Crippen molar-refractivity contribution in [3.05, 3.63) is 152 Å². The van der Waals surface area contributed by atoms with Gasteiger partial charge in [0.25, 0.3) is 0 Å². The van der Waals surface area contributed by atoms with Crippen molar-refractivity contribution in [1.82, 2.24) is 15.0 Å². The van der Waals surface area contributed by atoms with E-state index in [0.717, 1.165) is 49.8 Å². The summed E-state index contributed by atoms with van der Waals surface area (Å²) in [5.74, 6) is 1.90. The minimum absolute atomic E-state index is 0.613. The molecule has 0 aliphatic heterocycles. The molecule has 0 aliphatic rings. The first-order valence-corrected chi connectivity index (χ1v) is 18.5. The standard InChI is InChI=1S/C45H25N3OS2/c1-2-11-26(12-3-1)43-46-44(48-45(47-43)35-19-9-16-32-30-14-5-7-22-38(30)51-42(32)35)34-18-10-20-36-40(34)33-17-8-15-28(41(33)49-36)27-23-24-31-29-13-4-6-21-37(29)50-39(31)25-27/h1-25H. The van der Waals surface area contributed by atoms with Gasteiger partial charge >= 0.3 is 0 Å². The normalized spacial score (nSPS) is 11.9. The van der Waals surface area contributed by atoms with Crippen LogP contribution in [0, 0.1) is 0 Å². The molecule has 0 saturated heterocycles. The molecule has 0 saturated carbocycles. The molecular formula is C45H25N3OS2. The van der Waals surface area contributed by atoms with Crippen molar-refractivity contribution in [1.29, 1.82) is 0 Å². The largest absolute Gasteiger partial charge is 0.455 e. The highest BCUT2D eigenvalue weighted by Gasteiger charge is 2.21. The number of furan rings is 1. The molecular weight excluding hydrogens is 663 g/mol. The second-order valence-corrected chi connectivity index (χ2v) is 14.9. The van der Waals surface area contributed by atoms with Crippen LogP contribution < -0.4 is 0 Å². The molecule has 0 amide bonds. The van der Waals surface area contributed by atoms with E-state index in [-0.39, 0.29) is 0 Å². The highest BCUT2D eigenvalue weighted by Crippen LogP contribution is 2.43. The maximum atomic E-state index is 6.73. The van der Waals surface area contributed by atoms with Crippen LogP contribution in [-0.4, -0.2) is 15.0 Å². The number of para-hydroxylation sites is 1. The summed E-state index contributed by atoms with van der Waals surface area (Å²) in [5, 5.41) is 7.06. The van der Waals surface area contributed by atoms with Gasteiger partial charge in [0, 0.05) is 73.4 Å². The average molecular weight is 688 g/mol. The minimum atomic E-state index is 0.613. The Balaban J connectivity index is 1.13. The monoisotopic (exact) mass is 687 g/mol. The Labute approximate surface area is 299 Å². The van der Waals surface area contributed by atoms with Gasteiger partial charge in [-0.3, -0.25) is 0 Å². The number of fused-ring (bicyclic) bond motifs is 9. The lowest BCUT2D eigenvalue weighted by atomic mass is 9.99. The number of benzene rings is 7. The van der Waals surface area contributed by atoms with Crippen molar-refractivity contribution in [3.8, 4) is 45.3 Å². The second-order valence-electron chi connectivity index (χ2n) is 12.7. The van der Waals surface area contributed by atoms with Crippen LogP contribution in [0.5, 0.6) is 0 Å². The fourth-order valence-electron chi connectivity index (χ4n) is 7.41. The molecule has 0 fully saturated rings. The van der Waals surface area contributed by atoms with Crippen LogP contribution in [0.4, 0.5) is 0 Å². The predicted molar refractivity (Wildman–Crippen MR) is 215 cm³/mol. The number of nitrogens with zero attached hydrogens (tertiary/aromatic N) is 3. The maximum Gasteiger partial charge on any atom is 0.165 e. The summed E-state index contributed by atoms with van der Waals surface area (Å²) >= 11 is 3.61. The van der Waals surface area contributed by atoms with Gasteiger partial charge in [0.15, 0.2) is 17.5 Å². The van der Waals surface area contributed by atoms with Gasteiger partial charge in [0.05, 0.1) is 0 Å². The molecule has 4 heterocycles. The lowest BCUT2D eigenvalue weighted by Crippen LogP contribution is -2.00. The fourth-order valence-corrected chi connectivity index (χ4v) is 9.77. The quantitative estimate of drug-likeness (QED) is 0.185. The third kappa shape index (κ3) is 4.47. The number of thiophene rings is 2. The van der Waals surface area contributed by atoms with E-state index in [1.165, 1.54) is 40.3 Å². The molecule has 11 rings (SSSR count). The number of rotatable bonds is 4. The summed E-state index contributed by atoms with van der Waals surface area (Å²) in [4.78, 5) is 15.5. The van der Waals surface area contributed by atoms with E-state index in [1.54, 1.807) is 11.3 Å². The molecule has 0 spiro atoms. The fraction of sp³-hybridized carbons (Fsp3) is 0. The van der Waals surface area contributed by atoms with Gasteiger partial charge in [-0.05, 0) is 35.9 Å². The molecule has 7 aromatic carbocycles. The molecule has 4 aromatic heterocycles. The van der Waals surface area contributed by atoms with E-state index < -0.39 is 0 Å². The summed E-state index contributed by atoms with van der Waals surface area (Å²) in [6, 6.07) is 53.1. The van der Waals surface area contributed by atoms with Crippen molar-refractivity contribution < 1.29 is 4.42 Å². The van der Waals surface area contributed by atoms with Crippen LogP contribution in [0.15, 0.2) is 156 Å². The number of aromatic nitrogens is 3. The summed E-state index contributed by atoms with van der Waals surface area (Å²) < 4.78 is 11.7. The van der Waals surface area contributed by atoms with Gasteiger partial charge in [-0.15, -0.1) is 22.7 Å². The molecule has 6 heteroatoms. The molecule has 0 N–H and O–H groups in total. The van der Waals surface area contributed by atoms with E-state index in [2.05, 4.69) is 121 Å². The van der Waals surface area contributed by atoms with E-state index in [0.29, 0.717) is 17.5 Å². The van der Waals surface area contributed by atoms with Crippen molar-refractivity contribution in [2.45, 2.75) is 0 Å². The molecule has 0 unspecified atom stereocenters. The van der Waals surface area contributed by atoms with Crippen LogP contribution >= 0.6 is 22.7 Å². The van der Waals surface area contributed by atoms with E-state index in [9.17, 15) is 0 Å². The van der Waals surface area contributed by atoms with Crippen LogP contribution in [-0.2, 0) is 0 Å². The zero-order chi connectivity index (χ0) is 33.5. The minimum Gasteiger partial charge on any atom is -0.455 e. The first kappa shape index (κ1) is 28.6. The first-order chi connectivity index (χ1) is 25.3. The van der Waals surface area contributed by atoms with Gasteiger partial charge in [0.1, 0.15) is 11.2 Å². The Morgan fingerprint density at radius 2 is 1.00 bits per heavy atom. The molecule has 11 aromatic rings. The number of hydrogen-bond donors (Lipinski definition) is 0. The van der Waals surface area contributed by atoms with Gasteiger partial charge in [0.2, 0.25) is 0 Å². The molecule has 0 aliphatic carbocycles. The molecule has 4 nitrogen and oxygen atoms in total. The third-order valence-corrected chi connectivity index (χ3v) is 12.1. The third-order valence-electron chi connectivity index (χ3n) is 9.77. The van der Waals surface area contributed by atoms with Crippen LogP contribution in [0.25, 0.3) is 108 Å². The van der Waals surface area contributed by atoms with Crippen molar-refractivity contribution in [3.63, 3.8) is 0 Å². The first-order valence-electron chi connectivity index (χ1n) is 16.9. The van der Waals surface area contributed by atoms with Crippen LogP contribution in [0.1, 0.15) is 0 Å². The summed E-state index contributed by atoms with van der Waals surface area (Å²) in [6.45, 7) is 0. The smallest absolute Gasteiger partial charge is 0.165 e. The Kier molecular flexibility index (Phi) is 6.26. The van der Waals surface area contributed by atoms with Gasteiger partial charge in [-0.1, -0.05) is 121 Å². The lowest BCUT2D eigenvalue weighted by Gasteiger charge is -2.10. The van der Waals surface area contributed by atoms with Crippen molar-refractivity contribution in [2.24, 2.45) is 0 Å². The SMILES string of the molecule is c1ccc(-c2nc(-c3cccc4c3sc3ccccc34)nc(-c3cccc4oc5c(-c6ccc7c(c6)sc6ccccc67)cccc5c34)n2)cc1. The molecule has 0 atom stereocenters.